The Hall–Kier alpha value is -2.21. The Morgan fingerprint density at radius 2 is 2.30 bits per heavy atom. The third-order valence-electron chi connectivity index (χ3n) is 2.64. The minimum Gasteiger partial charge on any atom is -0.474 e. The number of fused-ring (bicyclic) bond motifs is 1. The molecule has 2 aromatic heterocycles. The van der Waals surface area contributed by atoms with Gasteiger partial charge in [-0.25, -0.2) is 9.97 Å². The predicted octanol–water partition coefficient (Wildman–Crippen LogP) is 1.70. The van der Waals surface area contributed by atoms with Crippen molar-refractivity contribution >= 4 is 16.8 Å². The number of carbonyl (C=O) groups excluding carboxylic acids is 1. The van der Waals surface area contributed by atoms with Crippen LogP contribution in [0, 0.1) is 0 Å². The summed E-state index contributed by atoms with van der Waals surface area (Å²) in [6.45, 7) is 4.46. The lowest BCUT2D eigenvalue weighted by atomic mass is 10.1. The van der Waals surface area contributed by atoms with Crippen LogP contribution in [0.1, 0.15) is 24.2 Å². The summed E-state index contributed by atoms with van der Waals surface area (Å²) in [7, 11) is 1.82. The number of nitrogens with zero attached hydrogens (tertiary/aromatic N) is 2. The number of carbonyl (C=O) groups is 1. The van der Waals surface area contributed by atoms with Gasteiger partial charge in [-0.15, -0.1) is 0 Å². The van der Waals surface area contributed by atoms with Gasteiger partial charge in [-0.05, 0) is 27.0 Å². The molecule has 0 saturated carbocycles. The lowest BCUT2D eigenvalue weighted by Crippen LogP contribution is -2.08. The molecule has 6 nitrogen and oxygen atoms in total. The lowest BCUT2D eigenvalue weighted by molar-refractivity contribution is 0.104. The third-order valence-corrected chi connectivity index (χ3v) is 2.64. The summed E-state index contributed by atoms with van der Waals surface area (Å²) < 4.78 is 5.64. The van der Waals surface area contributed by atoms with E-state index in [0.717, 1.165) is 0 Å². The van der Waals surface area contributed by atoms with Gasteiger partial charge in [-0.3, -0.25) is 4.79 Å². The number of likely N-dealkylation sites (N-methyl/N-ethyl adjacent to an activating group) is 1. The van der Waals surface area contributed by atoms with E-state index in [1.807, 2.05) is 20.9 Å². The molecule has 0 bridgehead atoms. The third kappa shape index (κ3) is 3.03. The maximum Gasteiger partial charge on any atom is 0.227 e. The monoisotopic (exact) mass is 274 g/mol. The number of rotatable bonds is 6. The van der Waals surface area contributed by atoms with Crippen LogP contribution in [0.2, 0.25) is 0 Å². The van der Waals surface area contributed by atoms with Crippen LogP contribution in [0.4, 0.5) is 0 Å². The molecule has 106 valence electrons. The summed E-state index contributed by atoms with van der Waals surface area (Å²) in [4.78, 5) is 23.4. The Labute approximate surface area is 117 Å². The minimum absolute atomic E-state index is 0.0224. The summed E-state index contributed by atoms with van der Waals surface area (Å²) in [6, 6.07) is 0. The van der Waals surface area contributed by atoms with Crippen LogP contribution >= 0.6 is 0 Å². The number of aromatic nitrogens is 3. The fourth-order valence-electron chi connectivity index (χ4n) is 1.81. The quantitative estimate of drug-likeness (QED) is 0.619. The Bertz CT molecular complexity index is 631. The van der Waals surface area contributed by atoms with Gasteiger partial charge >= 0.3 is 0 Å². The van der Waals surface area contributed by atoms with Gasteiger partial charge < -0.3 is 15.0 Å². The number of allylic oxidation sites excluding steroid dienone is 1. The maximum atomic E-state index is 12.2. The number of hydrogen-bond acceptors (Lipinski definition) is 5. The van der Waals surface area contributed by atoms with Gasteiger partial charge in [0.2, 0.25) is 5.88 Å². The Kier molecular flexibility index (Phi) is 4.47. The van der Waals surface area contributed by atoms with Crippen LogP contribution in [0.5, 0.6) is 5.88 Å². The second-order valence-electron chi connectivity index (χ2n) is 4.60. The number of ether oxygens (including phenoxy) is 1. The predicted molar refractivity (Wildman–Crippen MR) is 77.0 cm³/mol. The second-order valence-corrected chi connectivity index (χ2v) is 4.60. The Morgan fingerprint density at radius 1 is 1.50 bits per heavy atom. The van der Waals surface area contributed by atoms with E-state index in [1.165, 1.54) is 12.4 Å². The Balaban J connectivity index is 2.41. The topological polar surface area (TPSA) is 79.9 Å². The first-order valence-electron chi connectivity index (χ1n) is 6.47. The van der Waals surface area contributed by atoms with Crippen molar-refractivity contribution < 1.29 is 9.53 Å². The first kappa shape index (κ1) is 14.2. The van der Waals surface area contributed by atoms with Crippen molar-refractivity contribution in [1.82, 2.24) is 20.3 Å². The zero-order valence-corrected chi connectivity index (χ0v) is 11.8. The highest BCUT2D eigenvalue weighted by molar-refractivity contribution is 6.13. The number of H-pyrrole nitrogens is 1. The molecule has 2 aromatic rings. The van der Waals surface area contributed by atoms with Gasteiger partial charge in [0, 0.05) is 12.7 Å². The summed E-state index contributed by atoms with van der Waals surface area (Å²) in [5.74, 6) is 0.325. The SMILES string of the molecule is CNCC=CC(=O)c1c[nH]c2ncnc(OC(C)C)c12. The number of nitrogens with one attached hydrogen (secondary N) is 2. The smallest absolute Gasteiger partial charge is 0.227 e. The van der Waals surface area contributed by atoms with E-state index >= 15 is 0 Å². The first-order valence-corrected chi connectivity index (χ1v) is 6.47. The average molecular weight is 274 g/mol. The van der Waals surface area contributed by atoms with Crippen molar-refractivity contribution in [1.29, 1.82) is 0 Å². The van der Waals surface area contributed by atoms with Gasteiger partial charge in [-0.2, -0.15) is 0 Å². The molecule has 2 N–H and O–H groups in total. The highest BCUT2D eigenvalue weighted by Crippen LogP contribution is 2.26. The largest absolute Gasteiger partial charge is 0.474 e. The van der Waals surface area contributed by atoms with Gasteiger partial charge in [0.05, 0.1) is 17.1 Å². The molecule has 0 fully saturated rings. The highest BCUT2D eigenvalue weighted by atomic mass is 16.5. The van der Waals surface area contributed by atoms with Gasteiger partial charge in [-0.1, -0.05) is 6.08 Å². The van der Waals surface area contributed by atoms with E-state index in [4.69, 9.17) is 4.74 Å². The molecular formula is C14H18N4O2. The normalized spacial score (nSPS) is 11.6. The zero-order chi connectivity index (χ0) is 14.5. The summed E-state index contributed by atoms with van der Waals surface area (Å²) in [5, 5.41) is 3.57. The van der Waals surface area contributed by atoms with Crippen molar-refractivity contribution in [2.45, 2.75) is 20.0 Å². The molecule has 0 amide bonds. The van der Waals surface area contributed by atoms with Crippen LogP contribution < -0.4 is 10.1 Å². The molecule has 2 heterocycles. The van der Waals surface area contributed by atoms with Gasteiger partial charge in [0.25, 0.3) is 0 Å². The average Bonchev–Trinajstić information content (AvgIpc) is 2.83. The molecule has 0 aliphatic heterocycles. The van der Waals surface area contributed by atoms with E-state index in [-0.39, 0.29) is 11.9 Å². The molecule has 2 rings (SSSR count). The van der Waals surface area contributed by atoms with Crippen molar-refractivity contribution in [2.75, 3.05) is 13.6 Å². The van der Waals surface area contributed by atoms with Crippen LogP contribution in [-0.2, 0) is 0 Å². The molecule has 0 aliphatic rings. The molecule has 0 unspecified atom stereocenters. The summed E-state index contributed by atoms with van der Waals surface area (Å²) in [5.41, 5.74) is 1.12. The van der Waals surface area contributed by atoms with E-state index in [0.29, 0.717) is 29.0 Å². The van der Waals surface area contributed by atoms with Crippen molar-refractivity contribution in [3.8, 4) is 5.88 Å². The second kappa shape index (κ2) is 6.29. The summed E-state index contributed by atoms with van der Waals surface area (Å²) in [6.07, 6.45) is 6.34. The van der Waals surface area contributed by atoms with Crippen LogP contribution in [0.3, 0.4) is 0 Å². The fourth-order valence-corrected chi connectivity index (χ4v) is 1.81. The van der Waals surface area contributed by atoms with Gasteiger partial charge in [0.1, 0.15) is 12.0 Å². The van der Waals surface area contributed by atoms with Crippen molar-refractivity contribution in [3.05, 3.63) is 30.2 Å². The van der Waals surface area contributed by atoms with Crippen LogP contribution in [0.25, 0.3) is 11.0 Å². The molecule has 20 heavy (non-hydrogen) atoms. The molecule has 0 saturated heterocycles. The van der Waals surface area contributed by atoms with Crippen molar-refractivity contribution in [3.63, 3.8) is 0 Å². The minimum atomic E-state index is -0.102. The Morgan fingerprint density at radius 3 is 3.00 bits per heavy atom. The molecule has 0 spiro atoms. The number of aromatic amines is 1. The molecule has 0 atom stereocenters. The maximum absolute atomic E-state index is 12.2. The van der Waals surface area contributed by atoms with Gasteiger partial charge in [0.15, 0.2) is 5.78 Å². The standard InChI is InChI=1S/C14H18N4O2/c1-9(2)20-14-12-10(11(19)5-4-6-15-3)7-16-13(12)17-8-18-14/h4-5,7-9,15H,6H2,1-3H3,(H,16,17,18). The first-order chi connectivity index (χ1) is 9.63. The van der Waals surface area contributed by atoms with E-state index < -0.39 is 0 Å². The van der Waals surface area contributed by atoms with E-state index in [9.17, 15) is 4.79 Å². The molecule has 6 heteroatoms. The molecular weight excluding hydrogens is 256 g/mol. The lowest BCUT2D eigenvalue weighted by Gasteiger charge is -2.09. The summed E-state index contributed by atoms with van der Waals surface area (Å²) >= 11 is 0. The van der Waals surface area contributed by atoms with Crippen LogP contribution in [-0.4, -0.2) is 40.4 Å². The molecule has 0 aliphatic carbocycles. The molecule has 0 aromatic carbocycles. The highest BCUT2D eigenvalue weighted by Gasteiger charge is 2.16. The zero-order valence-electron chi connectivity index (χ0n) is 11.8. The number of hydrogen-bond donors (Lipinski definition) is 2. The van der Waals surface area contributed by atoms with Crippen molar-refractivity contribution in [2.24, 2.45) is 0 Å². The van der Waals surface area contributed by atoms with E-state index in [2.05, 4.69) is 20.3 Å². The number of ketones is 1. The van der Waals surface area contributed by atoms with E-state index in [1.54, 1.807) is 12.3 Å². The molecule has 0 radical (unpaired) electrons. The van der Waals surface area contributed by atoms with Crippen LogP contribution in [0.15, 0.2) is 24.7 Å². The fraction of sp³-hybridized carbons (Fsp3) is 0.357.